The van der Waals surface area contributed by atoms with E-state index in [1.807, 2.05) is 0 Å². The Kier molecular flexibility index (Phi) is 5.52. The summed E-state index contributed by atoms with van der Waals surface area (Å²) in [7, 11) is 0. The average molecular weight is 400 g/mol. The number of fused-ring (bicyclic) bond motifs is 1. The third-order valence-corrected chi connectivity index (χ3v) is 4.00. The molecule has 0 atom stereocenters. The van der Waals surface area contributed by atoms with E-state index in [1.165, 1.54) is 28.1 Å². The lowest BCUT2D eigenvalue weighted by Crippen LogP contribution is -2.32. The lowest BCUT2D eigenvalue weighted by molar-refractivity contribution is -0.135. The fourth-order valence-electron chi connectivity index (χ4n) is 2.57. The van der Waals surface area contributed by atoms with Gasteiger partial charge < -0.3 is 15.0 Å². The lowest BCUT2D eigenvalue weighted by Gasteiger charge is -2.19. The van der Waals surface area contributed by atoms with Crippen LogP contribution in [-0.2, 0) is 16.1 Å². The fraction of sp³-hybridized carbons (Fsp3) is 0.353. The minimum atomic E-state index is -4.38. The van der Waals surface area contributed by atoms with Crippen molar-refractivity contribution < 1.29 is 31.9 Å². The van der Waals surface area contributed by atoms with Crippen molar-refractivity contribution in [3.8, 4) is 0 Å². The number of amidine groups is 1. The Balaban J connectivity index is 1.58. The van der Waals surface area contributed by atoms with Crippen molar-refractivity contribution in [3.05, 3.63) is 47.6 Å². The molecule has 0 unspecified atom stereocenters. The zero-order valence-electron chi connectivity index (χ0n) is 14.5. The fourth-order valence-corrected chi connectivity index (χ4v) is 2.57. The van der Waals surface area contributed by atoms with Crippen LogP contribution >= 0.6 is 0 Å². The molecular weight excluding hydrogens is 384 g/mol. The number of hydrogen-bond donors (Lipinski definition) is 1. The van der Waals surface area contributed by atoms with Crippen molar-refractivity contribution in [2.45, 2.75) is 19.1 Å². The smallest absolute Gasteiger partial charge is 0.390 e. The first kappa shape index (κ1) is 19.6. The predicted octanol–water partition coefficient (Wildman–Crippen LogP) is 2.36. The topological polar surface area (TPSA) is 74.2 Å². The molecule has 1 N–H and O–H groups in total. The van der Waals surface area contributed by atoms with E-state index in [0.717, 1.165) is 5.56 Å². The molecule has 0 fully saturated rings. The van der Waals surface area contributed by atoms with E-state index < -0.39 is 31.1 Å². The summed E-state index contributed by atoms with van der Waals surface area (Å²) < 4.78 is 54.6. The monoisotopic (exact) mass is 400 g/mol. The van der Waals surface area contributed by atoms with Crippen LogP contribution in [0.2, 0.25) is 0 Å². The lowest BCUT2D eigenvalue weighted by atomic mass is 10.2. The molecule has 2 aliphatic heterocycles. The van der Waals surface area contributed by atoms with Crippen molar-refractivity contribution in [1.29, 1.82) is 0 Å². The number of halogens is 4. The number of carbonyl (C=O) groups excluding carboxylic acids is 2. The van der Waals surface area contributed by atoms with Gasteiger partial charge in [0.25, 0.3) is 5.91 Å². The average Bonchev–Trinajstić information content (AvgIpc) is 2.95. The third kappa shape index (κ3) is 4.99. The minimum Gasteiger partial charge on any atom is -0.418 e. The van der Waals surface area contributed by atoms with Gasteiger partial charge in [-0.2, -0.15) is 13.2 Å². The van der Waals surface area contributed by atoms with Gasteiger partial charge >= 0.3 is 18.2 Å². The highest BCUT2D eigenvalue weighted by Gasteiger charge is 2.32. The Morgan fingerprint density at radius 2 is 1.93 bits per heavy atom. The SMILES string of the molecule is O=C(NCCC(F)(F)F)C1=CN2CCN(Cc3ccc(F)cc3)C(=O)N=C2O1. The van der Waals surface area contributed by atoms with Gasteiger partial charge in [-0.25, -0.2) is 9.18 Å². The van der Waals surface area contributed by atoms with E-state index in [4.69, 9.17) is 4.74 Å². The molecule has 0 saturated carbocycles. The van der Waals surface area contributed by atoms with Crippen LogP contribution in [-0.4, -0.2) is 53.6 Å². The number of urea groups is 1. The van der Waals surface area contributed by atoms with Crippen LogP contribution in [0.15, 0.2) is 41.2 Å². The molecule has 0 aromatic heterocycles. The molecule has 2 heterocycles. The Labute approximate surface area is 157 Å². The van der Waals surface area contributed by atoms with E-state index in [1.54, 1.807) is 12.1 Å². The third-order valence-electron chi connectivity index (χ3n) is 4.00. The summed E-state index contributed by atoms with van der Waals surface area (Å²) in [6, 6.07) is 4.97. The number of amides is 3. The van der Waals surface area contributed by atoms with E-state index in [9.17, 15) is 27.2 Å². The number of nitrogens with zero attached hydrogens (tertiary/aromatic N) is 3. The highest BCUT2D eigenvalue weighted by molar-refractivity contribution is 5.99. The molecule has 28 heavy (non-hydrogen) atoms. The van der Waals surface area contributed by atoms with Gasteiger partial charge in [-0.15, -0.1) is 4.99 Å². The minimum absolute atomic E-state index is 0.118. The first-order chi connectivity index (χ1) is 13.2. The first-order valence-electron chi connectivity index (χ1n) is 8.34. The summed E-state index contributed by atoms with van der Waals surface area (Å²) >= 11 is 0. The summed E-state index contributed by atoms with van der Waals surface area (Å²) in [5.41, 5.74) is 0.721. The van der Waals surface area contributed by atoms with Crippen LogP contribution in [0.4, 0.5) is 22.4 Å². The molecule has 0 aliphatic carbocycles. The molecule has 11 heteroatoms. The van der Waals surface area contributed by atoms with Crippen molar-refractivity contribution in [2.75, 3.05) is 19.6 Å². The summed E-state index contributed by atoms with van der Waals surface area (Å²) in [5.74, 6) is -1.44. The Morgan fingerprint density at radius 1 is 1.21 bits per heavy atom. The van der Waals surface area contributed by atoms with Crippen LogP contribution in [0, 0.1) is 5.82 Å². The number of rotatable bonds is 5. The molecule has 2 aliphatic rings. The molecule has 0 radical (unpaired) electrons. The van der Waals surface area contributed by atoms with Gasteiger partial charge in [-0.1, -0.05) is 12.1 Å². The van der Waals surface area contributed by atoms with Gasteiger partial charge in [0, 0.05) is 26.2 Å². The number of ether oxygens (including phenoxy) is 1. The summed E-state index contributed by atoms with van der Waals surface area (Å²) in [5, 5.41) is 2.10. The zero-order chi connectivity index (χ0) is 20.3. The maximum absolute atomic E-state index is 13.0. The van der Waals surface area contributed by atoms with Crippen molar-refractivity contribution in [3.63, 3.8) is 0 Å². The van der Waals surface area contributed by atoms with Gasteiger partial charge in [0.1, 0.15) is 5.82 Å². The second-order valence-corrected chi connectivity index (χ2v) is 6.13. The number of nitrogens with one attached hydrogen (secondary N) is 1. The molecule has 0 bridgehead atoms. The van der Waals surface area contributed by atoms with Crippen LogP contribution in [0.3, 0.4) is 0 Å². The van der Waals surface area contributed by atoms with E-state index >= 15 is 0 Å². The number of benzene rings is 1. The summed E-state index contributed by atoms with van der Waals surface area (Å²) in [4.78, 5) is 30.9. The standard InChI is InChI=1S/C17H16F4N4O3/c18-12-3-1-11(2-4-12)9-24-7-8-25-10-13(28-16(25)23-15(24)27)14(26)22-6-5-17(19,20)21/h1-4,10H,5-9H2,(H,22,26). The maximum atomic E-state index is 13.0. The van der Waals surface area contributed by atoms with Gasteiger partial charge in [-0.05, 0) is 17.7 Å². The molecular formula is C17H16F4N4O3. The van der Waals surface area contributed by atoms with E-state index in [2.05, 4.69) is 10.3 Å². The number of hydrogen-bond acceptors (Lipinski definition) is 4. The van der Waals surface area contributed by atoms with Crippen molar-refractivity contribution in [2.24, 2.45) is 4.99 Å². The highest BCUT2D eigenvalue weighted by Crippen LogP contribution is 2.20. The summed E-state index contributed by atoms with van der Waals surface area (Å²) in [6.45, 7) is 0.162. The van der Waals surface area contributed by atoms with Gasteiger partial charge in [0.15, 0.2) is 0 Å². The van der Waals surface area contributed by atoms with Gasteiger partial charge in [0.05, 0.1) is 12.6 Å². The Morgan fingerprint density at radius 3 is 2.61 bits per heavy atom. The predicted molar refractivity (Wildman–Crippen MR) is 89.2 cm³/mol. The molecule has 1 aromatic carbocycles. The maximum Gasteiger partial charge on any atom is 0.390 e. The van der Waals surface area contributed by atoms with Crippen molar-refractivity contribution in [1.82, 2.24) is 15.1 Å². The highest BCUT2D eigenvalue weighted by atomic mass is 19.4. The largest absolute Gasteiger partial charge is 0.418 e. The Hall–Kier alpha value is -3.11. The van der Waals surface area contributed by atoms with Gasteiger partial charge in [-0.3, -0.25) is 9.69 Å². The summed E-state index contributed by atoms with van der Waals surface area (Å²) in [6.07, 6.45) is -4.25. The van der Waals surface area contributed by atoms with Crippen LogP contribution in [0.25, 0.3) is 0 Å². The Bertz CT molecular complexity index is 821. The number of alkyl halides is 3. The molecule has 3 amide bonds. The first-order valence-corrected chi connectivity index (χ1v) is 8.34. The van der Waals surface area contributed by atoms with Crippen LogP contribution in [0.5, 0.6) is 0 Å². The molecule has 0 spiro atoms. The normalized spacial score (nSPS) is 16.8. The van der Waals surface area contributed by atoms with Crippen molar-refractivity contribution >= 4 is 18.0 Å². The van der Waals surface area contributed by atoms with Crippen LogP contribution in [0.1, 0.15) is 12.0 Å². The van der Waals surface area contributed by atoms with Crippen LogP contribution < -0.4 is 5.32 Å². The van der Waals surface area contributed by atoms with E-state index in [0.29, 0.717) is 0 Å². The molecule has 150 valence electrons. The number of carbonyl (C=O) groups is 2. The van der Waals surface area contributed by atoms with E-state index in [-0.39, 0.29) is 37.2 Å². The molecule has 0 saturated heterocycles. The molecule has 3 rings (SSSR count). The second kappa shape index (κ2) is 7.87. The van der Waals surface area contributed by atoms with Gasteiger partial charge in [0.2, 0.25) is 5.76 Å². The molecule has 7 nitrogen and oxygen atoms in total. The second-order valence-electron chi connectivity index (χ2n) is 6.13. The quantitative estimate of drug-likeness (QED) is 0.771. The number of aliphatic imine (C=N–C) groups is 1. The zero-order valence-corrected chi connectivity index (χ0v) is 14.5. The molecule has 1 aromatic rings.